The molecule has 0 bridgehead atoms. The first-order valence-corrected chi connectivity index (χ1v) is 7.60. The predicted octanol–water partition coefficient (Wildman–Crippen LogP) is 3.07. The highest BCUT2D eigenvalue weighted by atomic mass is 35.5. The lowest BCUT2D eigenvalue weighted by Gasteiger charge is -2.22. The molecule has 0 saturated carbocycles. The van der Waals surface area contributed by atoms with Gasteiger partial charge in [-0.25, -0.2) is 0 Å². The zero-order valence-electron chi connectivity index (χ0n) is 11.9. The molecule has 0 aliphatic carbocycles. The Labute approximate surface area is 133 Å². The van der Waals surface area contributed by atoms with Gasteiger partial charge >= 0.3 is 0 Å². The van der Waals surface area contributed by atoms with Gasteiger partial charge in [-0.3, -0.25) is 4.79 Å². The highest BCUT2D eigenvalue weighted by Crippen LogP contribution is 2.26. The molecular formula is C15H17ClN2O2S. The van der Waals surface area contributed by atoms with Gasteiger partial charge in [-0.05, 0) is 18.2 Å². The number of rotatable bonds is 5. The Kier molecular flexibility index (Phi) is 5.22. The number of amides is 1. The minimum Gasteiger partial charge on any atom is -0.496 e. The van der Waals surface area contributed by atoms with E-state index in [2.05, 4.69) is 0 Å². The Morgan fingerprint density at radius 1 is 1.38 bits per heavy atom. The van der Waals surface area contributed by atoms with E-state index >= 15 is 0 Å². The predicted molar refractivity (Wildman–Crippen MR) is 85.7 cm³/mol. The number of para-hydroxylation sites is 1. The van der Waals surface area contributed by atoms with Gasteiger partial charge in [0.25, 0.3) is 0 Å². The molecule has 0 aliphatic rings. The molecule has 1 aromatic heterocycles. The quantitative estimate of drug-likeness (QED) is 0.919. The van der Waals surface area contributed by atoms with E-state index in [-0.39, 0.29) is 5.91 Å². The number of benzene rings is 1. The summed E-state index contributed by atoms with van der Waals surface area (Å²) in [7, 11) is 3.29. The molecule has 0 radical (unpaired) electrons. The lowest BCUT2D eigenvalue weighted by molar-refractivity contribution is -0.131. The smallest absolute Gasteiger partial charge is 0.244 e. The van der Waals surface area contributed by atoms with Crippen molar-refractivity contribution < 1.29 is 9.53 Å². The van der Waals surface area contributed by atoms with Gasteiger partial charge in [0.15, 0.2) is 0 Å². The van der Waals surface area contributed by atoms with Crippen LogP contribution in [0.5, 0.6) is 5.75 Å². The molecule has 21 heavy (non-hydrogen) atoms. The Bertz CT molecular complexity index is 630. The van der Waals surface area contributed by atoms with Crippen molar-refractivity contribution in [2.45, 2.75) is 12.6 Å². The first kappa shape index (κ1) is 15.8. The molecule has 2 aromatic rings. The van der Waals surface area contributed by atoms with Crippen LogP contribution >= 0.6 is 22.9 Å². The van der Waals surface area contributed by atoms with E-state index in [1.165, 1.54) is 11.3 Å². The Morgan fingerprint density at radius 2 is 2.10 bits per heavy atom. The molecule has 1 aromatic carbocycles. The lowest BCUT2D eigenvalue weighted by Crippen LogP contribution is -2.35. The van der Waals surface area contributed by atoms with Crippen LogP contribution in [-0.2, 0) is 11.3 Å². The first-order chi connectivity index (χ1) is 10.0. The number of methoxy groups -OCH3 is 1. The molecule has 1 amide bonds. The van der Waals surface area contributed by atoms with Crippen molar-refractivity contribution in [3.8, 4) is 5.75 Å². The zero-order valence-corrected chi connectivity index (χ0v) is 13.4. The number of hydrogen-bond acceptors (Lipinski definition) is 4. The highest BCUT2D eigenvalue weighted by Gasteiger charge is 2.23. The Balaban J connectivity index is 2.11. The summed E-state index contributed by atoms with van der Waals surface area (Å²) in [5.74, 6) is 0.454. The van der Waals surface area contributed by atoms with Crippen LogP contribution in [0.2, 0.25) is 4.34 Å². The van der Waals surface area contributed by atoms with Crippen molar-refractivity contribution >= 4 is 28.8 Å². The number of ether oxygens (including phenoxy) is 1. The summed E-state index contributed by atoms with van der Waals surface area (Å²) >= 11 is 7.35. The van der Waals surface area contributed by atoms with E-state index in [1.54, 1.807) is 31.2 Å². The van der Waals surface area contributed by atoms with Gasteiger partial charge in [-0.1, -0.05) is 29.8 Å². The average Bonchev–Trinajstić information content (AvgIpc) is 2.90. The average molecular weight is 325 g/mol. The molecule has 1 heterocycles. The van der Waals surface area contributed by atoms with Crippen molar-refractivity contribution in [3.05, 3.63) is 51.2 Å². The van der Waals surface area contributed by atoms with Crippen LogP contribution in [0.15, 0.2) is 36.4 Å². The maximum Gasteiger partial charge on any atom is 0.244 e. The third-order valence-corrected chi connectivity index (χ3v) is 4.35. The third-order valence-electron chi connectivity index (χ3n) is 3.14. The SMILES string of the molecule is COc1ccccc1C(N)C(=O)N(C)Cc1ccc(Cl)s1. The van der Waals surface area contributed by atoms with Gasteiger partial charge in [0.1, 0.15) is 11.8 Å². The van der Waals surface area contributed by atoms with Gasteiger partial charge in [0, 0.05) is 17.5 Å². The molecule has 2 rings (SSSR count). The van der Waals surface area contributed by atoms with Crippen molar-refractivity contribution in [1.29, 1.82) is 0 Å². The highest BCUT2D eigenvalue weighted by molar-refractivity contribution is 7.16. The molecule has 1 atom stereocenters. The van der Waals surface area contributed by atoms with Gasteiger partial charge in [0.05, 0.1) is 18.0 Å². The number of likely N-dealkylation sites (N-methyl/N-ethyl adjacent to an activating group) is 1. The maximum absolute atomic E-state index is 12.4. The molecular weight excluding hydrogens is 308 g/mol. The van der Waals surface area contributed by atoms with Crippen molar-refractivity contribution in [2.75, 3.05) is 14.2 Å². The minimum absolute atomic E-state index is 0.163. The summed E-state index contributed by atoms with van der Waals surface area (Å²) in [6, 6.07) is 10.3. The van der Waals surface area contributed by atoms with E-state index in [1.807, 2.05) is 24.3 Å². The van der Waals surface area contributed by atoms with Crippen LogP contribution in [0.1, 0.15) is 16.5 Å². The molecule has 0 fully saturated rings. The molecule has 0 spiro atoms. The molecule has 6 heteroatoms. The molecule has 0 aliphatic heterocycles. The molecule has 0 saturated heterocycles. The van der Waals surface area contributed by atoms with Gasteiger partial charge in [-0.15, -0.1) is 11.3 Å². The van der Waals surface area contributed by atoms with Crippen LogP contribution in [-0.4, -0.2) is 25.0 Å². The second-order valence-corrected chi connectivity index (χ2v) is 6.42. The number of nitrogens with zero attached hydrogens (tertiary/aromatic N) is 1. The molecule has 112 valence electrons. The van der Waals surface area contributed by atoms with Crippen LogP contribution in [0.4, 0.5) is 0 Å². The van der Waals surface area contributed by atoms with Crippen molar-refractivity contribution in [2.24, 2.45) is 5.73 Å². The van der Waals surface area contributed by atoms with Gasteiger partial charge in [0.2, 0.25) is 5.91 Å². The second kappa shape index (κ2) is 6.93. The fraction of sp³-hybridized carbons (Fsp3) is 0.267. The summed E-state index contributed by atoms with van der Waals surface area (Å²) in [6.07, 6.45) is 0. The Morgan fingerprint density at radius 3 is 2.71 bits per heavy atom. The number of nitrogens with two attached hydrogens (primary N) is 1. The van der Waals surface area contributed by atoms with E-state index in [0.29, 0.717) is 22.2 Å². The molecule has 4 nitrogen and oxygen atoms in total. The first-order valence-electron chi connectivity index (χ1n) is 6.40. The fourth-order valence-corrected chi connectivity index (χ4v) is 3.18. The summed E-state index contributed by atoms with van der Waals surface area (Å²) in [5, 5.41) is 0. The van der Waals surface area contributed by atoms with E-state index in [4.69, 9.17) is 22.1 Å². The monoisotopic (exact) mass is 324 g/mol. The maximum atomic E-state index is 12.4. The standard InChI is InChI=1S/C15H17ClN2O2S/c1-18(9-10-7-8-13(16)21-10)15(19)14(17)11-5-3-4-6-12(11)20-2/h3-8,14H,9,17H2,1-2H3. The topological polar surface area (TPSA) is 55.6 Å². The summed E-state index contributed by atoms with van der Waals surface area (Å²) in [5.41, 5.74) is 6.76. The number of halogens is 1. The number of carbonyl (C=O) groups excluding carboxylic acids is 1. The van der Waals surface area contributed by atoms with Crippen LogP contribution in [0.3, 0.4) is 0 Å². The summed E-state index contributed by atoms with van der Waals surface area (Å²) < 4.78 is 5.96. The number of thiophene rings is 1. The lowest BCUT2D eigenvalue weighted by atomic mass is 10.1. The summed E-state index contributed by atoms with van der Waals surface area (Å²) in [6.45, 7) is 0.485. The van der Waals surface area contributed by atoms with E-state index < -0.39 is 6.04 Å². The van der Waals surface area contributed by atoms with Crippen LogP contribution in [0, 0.1) is 0 Å². The third kappa shape index (κ3) is 3.75. The molecule has 1 unspecified atom stereocenters. The minimum atomic E-state index is -0.749. The largest absolute Gasteiger partial charge is 0.496 e. The molecule has 2 N–H and O–H groups in total. The van der Waals surface area contributed by atoms with Crippen LogP contribution in [0.25, 0.3) is 0 Å². The van der Waals surface area contributed by atoms with Gasteiger partial charge < -0.3 is 15.4 Å². The van der Waals surface area contributed by atoms with Gasteiger partial charge in [-0.2, -0.15) is 0 Å². The van der Waals surface area contributed by atoms with Crippen LogP contribution < -0.4 is 10.5 Å². The normalized spacial score (nSPS) is 12.0. The second-order valence-electron chi connectivity index (χ2n) is 4.62. The fourth-order valence-electron chi connectivity index (χ4n) is 2.04. The van der Waals surface area contributed by atoms with Crippen molar-refractivity contribution in [3.63, 3.8) is 0 Å². The van der Waals surface area contributed by atoms with Crippen molar-refractivity contribution in [1.82, 2.24) is 4.90 Å². The summed E-state index contributed by atoms with van der Waals surface area (Å²) in [4.78, 5) is 15.1. The van der Waals surface area contributed by atoms with E-state index in [0.717, 1.165) is 4.88 Å². The number of hydrogen-bond donors (Lipinski definition) is 1. The van der Waals surface area contributed by atoms with E-state index in [9.17, 15) is 4.79 Å². The number of carbonyl (C=O) groups is 1. The zero-order chi connectivity index (χ0) is 15.4. The Hall–Kier alpha value is -1.56.